The lowest BCUT2D eigenvalue weighted by Crippen LogP contribution is -2.47. The maximum atomic E-state index is 11.2. The molecular formula is C14H21N3O2. The van der Waals surface area contributed by atoms with Crippen molar-refractivity contribution in [3.8, 4) is 0 Å². The molecule has 2 unspecified atom stereocenters. The van der Waals surface area contributed by atoms with Crippen molar-refractivity contribution in [1.82, 2.24) is 9.99 Å². The van der Waals surface area contributed by atoms with Crippen molar-refractivity contribution in [3.63, 3.8) is 0 Å². The van der Waals surface area contributed by atoms with E-state index in [0.29, 0.717) is 17.8 Å². The lowest BCUT2D eigenvalue weighted by molar-refractivity contribution is 0.0695. The van der Waals surface area contributed by atoms with Crippen LogP contribution in [0.3, 0.4) is 0 Å². The first-order chi connectivity index (χ1) is 8.99. The average Bonchev–Trinajstić information content (AvgIpc) is 2.33. The van der Waals surface area contributed by atoms with Crippen molar-refractivity contribution in [2.45, 2.75) is 52.1 Å². The SMILES string of the molecule is Cc1cc(NN2C(C)CCCC2C)c(C(=O)O)cn1. The molecule has 0 aliphatic carbocycles. The molecule has 19 heavy (non-hydrogen) atoms. The van der Waals surface area contributed by atoms with E-state index in [9.17, 15) is 9.90 Å². The van der Waals surface area contributed by atoms with Gasteiger partial charge in [-0.2, -0.15) is 0 Å². The van der Waals surface area contributed by atoms with Crippen LogP contribution in [0.15, 0.2) is 12.3 Å². The number of nitrogens with zero attached hydrogens (tertiary/aromatic N) is 2. The zero-order valence-electron chi connectivity index (χ0n) is 11.7. The zero-order chi connectivity index (χ0) is 14.0. The van der Waals surface area contributed by atoms with E-state index >= 15 is 0 Å². The summed E-state index contributed by atoms with van der Waals surface area (Å²) in [5.74, 6) is -0.952. The monoisotopic (exact) mass is 263 g/mol. The minimum Gasteiger partial charge on any atom is -0.478 e. The molecule has 0 aromatic carbocycles. The molecule has 0 amide bonds. The number of aromatic carboxylic acids is 1. The smallest absolute Gasteiger partial charge is 0.339 e. The summed E-state index contributed by atoms with van der Waals surface area (Å²) in [6, 6.07) is 2.59. The van der Waals surface area contributed by atoms with Gasteiger partial charge in [-0.25, -0.2) is 9.80 Å². The van der Waals surface area contributed by atoms with E-state index in [1.54, 1.807) is 6.07 Å². The molecule has 1 saturated heterocycles. The Morgan fingerprint density at radius 3 is 2.63 bits per heavy atom. The van der Waals surface area contributed by atoms with Crippen LogP contribution in [0.2, 0.25) is 0 Å². The Morgan fingerprint density at radius 2 is 2.05 bits per heavy atom. The molecule has 2 heterocycles. The predicted molar refractivity (Wildman–Crippen MR) is 74.2 cm³/mol. The second kappa shape index (κ2) is 5.57. The highest BCUT2D eigenvalue weighted by molar-refractivity contribution is 5.93. The normalized spacial score (nSPS) is 24.2. The van der Waals surface area contributed by atoms with Crippen molar-refractivity contribution < 1.29 is 9.90 Å². The van der Waals surface area contributed by atoms with E-state index in [1.807, 2.05) is 6.92 Å². The third-order valence-corrected chi connectivity index (χ3v) is 3.71. The van der Waals surface area contributed by atoms with Gasteiger partial charge in [0.25, 0.3) is 0 Å². The molecule has 1 aromatic rings. The lowest BCUT2D eigenvalue weighted by atomic mass is 10.00. The molecule has 1 aromatic heterocycles. The number of pyridine rings is 1. The third kappa shape index (κ3) is 3.04. The second-order valence-corrected chi connectivity index (χ2v) is 5.32. The summed E-state index contributed by atoms with van der Waals surface area (Å²) < 4.78 is 0. The first kappa shape index (κ1) is 13.8. The summed E-state index contributed by atoms with van der Waals surface area (Å²) in [4.78, 5) is 15.3. The number of rotatable bonds is 3. The highest BCUT2D eigenvalue weighted by atomic mass is 16.4. The fourth-order valence-corrected chi connectivity index (χ4v) is 2.60. The molecular weight excluding hydrogens is 242 g/mol. The first-order valence-corrected chi connectivity index (χ1v) is 6.74. The quantitative estimate of drug-likeness (QED) is 0.877. The second-order valence-electron chi connectivity index (χ2n) is 5.32. The number of aryl methyl sites for hydroxylation is 1. The minimum absolute atomic E-state index is 0.218. The Kier molecular flexibility index (Phi) is 4.04. The number of nitrogens with one attached hydrogen (secondary N) is 1. The number of piperidine rings is 1. The zero-order valence-corrected chi connectivity index (χ0v) is 11.7. The van der Waals surface area contributed by atoms with Gasteiger partial charge in [-0.1, -0.05) is 6.42 Å². The summed E-state index contributed by atoms with van der Waals surface area (Å²) in [5.41, 5.74) is 4.94. The van der Waals surface area contributed by atoms with Crippen LogP contribution >= 0.6 is 0 Å². The topological polar surface area (TPSA) is 65.5 Å². The number of hydrogen-bond donors (Lipinski definition) is 2. The van der Waals surface area contributed by atoms with Gasteiger partial charge >= 0.3 is 5.97 Å². The van der Waals surface area contributed by atoms with Gasteiger partial charge in [-0.15, -0.1) is 0 Å². The summed E-state index contributed by atoms with van der Waals surface area (Å²) >= 11 is 0. The fraction of sp³-hybridized carbons (Fsp3) is 0.571. The number of hydrazine groups is 1. The van der Waals surface area contributed by atoms with E-state index in [2.05, 4.69) is 29.3 Å². The highest BCUT2D eigenvalue weighted by Crippen LogP contribution is 2.25. The molecule has 104 valence electrons. The van der Waals surface area contributed by atoms with Gasteiger partial charge in [0.2, 0.25) is 0 Å². The van der Waals surface area contributed by atoms with Gasteiger partial charge < -0.3 is 10.5 Å². The lowest BCUT2D eigenvalue weighted by Gasteiger charge is -2.39. The molecule has 1 aliphatic rings. The van der Waals surface area contributed by atoms with Crippen molar-refractivity contribution in [3.05, 3.63) is 23.5 Å². The van der Waals surface area contributed by atoms with Crippen molar-refractivity contribution in [1.29, 1.82) is 0 Å². The van der Waals surface area contributed by atoms with Crippen molar-refractivity contribution >= 4 is 11.7 Å². The molecule has 2 atom stereocenters. The summed E-state index contributed by atoms with van der Waals surface area (Å²) in [6.45, 7) is 6.19. The van der Waals surface area contributed by atoms with Gasteiger partial charge in [0.15, 0.2) is 0 Å². The van der Waals surface area contributed by atoms with Crippen LogP contribution in [-0.2, 0) is 0 Å². The van der Waals surface area contributed by atoms with Gasteiger partial charge in [-0.05, 0) is 39.7 Å². The van der Waals surface area contributed by atoms with Crippen LogP contribution in [-0.4, -0.2) is 33.2 Å². The van der Waals surface area contributed by atoms with Crippen LogP contribution in [0, 0.1) is 6.92 Å². The van der Waals surface area contributed by atoms with Crippen LogP contribution in [0.25, 0.3) is 0 Å². The highest BCUT2D eigenvalue weighted by Gasteiger charge is 2.26. The number of carboxylic acids is 1. The minimum atomic E-state index is -0.952. The van der Waals surface area contributed by atoms with Gasteiger partial charge in [0.1, 0.15) is 5.56 Å². The van der Waals surface area contributed by atoms with E-state index < -0.39 is 5.97 Å². The standard InChI is InChI=1S/C14H21N3O2/c1-9-7-13(12(8-15-9)14(18)19)16-17-10(2)5-4-6-11(17)3/h7-8,10-11H,4-6H2,1-3H3,(H,15,16)(H,18,19). The number of carbonyl (C=O) groups is 1. The Morgan fingerprint density at radius 1 is 1.42 bits per heavy atom. The Labute approximate surface area is 113 Å². The Hall–Kier alpha value is -1.62. The van der Waals surface area contributed by atoms with Gasteiger partial charge in [-0.3, -0.25) is 4.98 Å². The molecule has 5 heteroatoms. The third-order valence-electron chi connectivity index (χ3n) is 3.71. The Bertz CT molecular complexity index is 466. The summed E-state index contributed by atoms with van der Waals surface area (Å²) in [5, 5.41) is 11.4. The molecule has 1 aliphatic heterocycles. The molecule has 1 fully saturated rings. The van der Waals surface area contributed by atoms with Crippen LogP contribution < -0.4 is 5.43 Å². The van der Waals surface area contributed by atoms with Crippen LogP contribution in [0.1, 0.15) is 49.2 Å². The predicted octanol–water partition coefficient (Wildman–Crippen LogP) is 2.68. The molecule has 2 rings (SSSR count). The van der Waals surface area contributed by atoms with E-state index in [1.165, 1.54) is 12.6 Å². The number of anilines is 1. The van der Waals surface area contributed by atoms with Crippen molar-refractivity contribution in [2.24, 2.45) is 0 Å². The number of hydrogen-bond acceptors (Lipinski definition) is 4. The van der Waals surface area contributed by atoms with E-state index in [0.717, 1.165) is 18.5 Å². The van der Waals surface area contributed by atoms with Crippen LogP contribution in [0.4, 0.5) is 5.69 Å². The fourth-order valence-electron chi connectivity index (χ4n) is 2.60. The molecule has 0 radical (unpaired) electrons. The Balaban J connectivity index is 2.26. The van der Waals surface area contributed by atoms with E-state index in [4.69, 9.17) is 0 Å². The summed E-state index contributed by atoms with van der Waals surface area (Å²) in [7, 11) is 0. The molecule has 5 nitrogen and oxygen atoms in total. The van der Waals surface area contributed by atoms with Gasteiger partial charge in [0.05, 0.1) is 5.69 Å². The molecule has 0 spiro atoms. The number of aromatic nitrogens is 1. The van der Waals surface area contributed by atoms with Crippen LogP contribution in [0.5, 0.6) is 0 Å². The van der Waals surface area contributed by atoms with Gasteiger partial charge in [0, 0.05) is 24.0 Å². The molecule has 2 N–H and O–H groups in total. The maximum absolute atomic E-state index is 11.2. The average molecular weight is 263 g/mol. The largest absolute Gasteiger partial charge is 0.478 e. The van der Waals surface area contributed by atoms with E-state index in [-0.39, 0.29) is 5.56 Å². The summed E-state index contributed by atoms with van der Waals surface area (Å²) in [6.07, 6.45) is 4.90. The number of carboxylic acid groups (broad SMARTS) is 1. The molecule has 0 bridgehead atoms. The maximum Gasteiger partial charge on any atom is 0.339 e. The molecule has 0 saturated carbocycles. The van der Waals surface area contributed by atoms with Crippen molar-refractivity contribution in [2.75, 3.05) is 5.43 Å². The first-order valence-electron chi connectivity index (χ1n) is 6.74.